The molecule has 0 rings (SSSR count). The van der Waals surface area contributed by atoms with Crippen molar-refractivity contribution in [2.24, 2.45) is 11.6 Å². The molecule has 0 unspecified atom stereocenters. The van der Waals surface area contributed by atoms with Gasteiger partial charge in [0, 0.05) is 0 Å². The highest BCUT2D eigenvalue weighted by atomic mass is 32.1. The van der Waals surface area contributed by atoms with Gasteiger partial charge in [0.1, 0.15) is 0 Å². The second-order valence-corrected chi connectivity index (χ2v) is 1.23. The van der Waals surface area contributed by atoms with Crippen molar-refractivity contribution in [3.8, 4) is 0 Å². The first-order valence-electron chi connectivity index (χ1n) is 1.68. The Morgan fingerprint density at radius 2 is 1.67 bits per heavy atom. The van der Waals surface area contributed by atoms with Gasteiger partial charge in [0.2, 0.25) is 0 Å². The SMILES string of the molecule is NNC(N)=S.O=C(O)O. The average Bonchev–Trinajstić information content (AvgIpc) is 1.65. The maximum atomic E-state index is 8.56. The van der Waals surface area contributed by atoms with E-state index in [2.05, 4.69) is 18.1 Å². The molecule has 0 spiro atoms. The van der Waals surface area contributed by atoms with E-state index in [0.29, 0.717) is 0 Å². The van der Waals surface area contributed by atoms with Gasteiger partial charge in [-0.3, -0.25) is 0 Å². The molecular formula is C2H7N3O3S. The molecule has 0 aromatic rings. The van der Waals surface area contributed by atoms with Crippen LogP contribution in [0.2, 0.25) is 0 Å². The fourth-order valence-electron chi connectivity index (χ4n) is 0. The standard InChI is InChI=1S/CH5N3S.CH2O3/c2-1(5)4-3;2-1(3)4/h3H2,(H3,2,4,5);(H2,2,3,4). The van der Waals surface area contributed by atoms with Gasteiger partial charge in [0.15, 0.2) is 5.11 Å². The number of carboxylic acid groups (broad SMARTS) is 2. The molecule has 54 valence electrons. The van der Waals surface area contributed by atoms with Gasteiger partial charge in [-0.15, -0.1) is 0 Å². The summed E-state index contributed by atoms with van der Waals surface area (Å²) in [6, 6.07) is 0. The number of thiocarbonyl (C=S) groups is 1. The minimum atomic E-state index is -1.83. The molecule has 9 heavy (non-hydrogen) atoms. The lowest BCUT2D eigenvalue weighted by molar-refractivity contribution is 0.137. The molecule has 0 saturated heterocycles. The predicted molar refractivity (Wildman–Crippen MR) is 34.8 cm³/mol. The Balaban J connectivity index is 0. The Labute approximate surface area is 56.4 Å². The van der Waals surface area contributed by atoms with E-state index in [-0.39, 0.29) is 5.11 Å². The van der Waals surface area contributed by atoms with Crippen molar-refractivity contribution in [2.75, 3.05) is 0 Å². The first-order chi connectivity index (χ1) is 4.00. The minimum absolute atomic E-state index is 0.116. The first-order valence-corrected chi connectivity index (χ1v) is 2.09. The highest BCUT2D eigenvalue weighted by Crippen LogP contribution is 1.42. The van der Waals surface area contributed by atoms with Crippen LogP contribution in [-0.2, 0) is 0 Å². The maximum absolute atomic E-state index is 8.56. The lowest BCUT2D eigenvalue weighted by Crippen LogP contribution is -2.34. The molecule has 6 nitrogen and oxygen atoms in total. The van der Waals surface area contributed by atoms with Crippen LogP contribution in [0.15, 0.2) is 0 Å². The topological polar surface area (TPSA) is 122 Å². The molecule has 0 bridgehead atoms. The van der Waals surface area contributed by atoms with Crippen LogP contribution >= 0.6 is 12.2 Å². The second kappa shape index (κ2) is 6.92. The maximum Gasteiger partial charge on any atom is 0.503 e. The zero-order valence-electron chi connectivity index (χ0n) is 4.37. The lowest BCUT2D eigenvalue weighted by atomic mass is 11.2. The minimum Gasteiger partial charge on any atom is -0.450 e. The van der Waals surface area contributed by atoms with Gasteiger partial charge in [-0.25, -0.2) is 10.6 Å². The lowest BCUT2D eigenvalue weighted by Gasteiger charge is -1.85. The van der Waals surface area contributed by atoms with Crippen molar-refractivity contribution in [3.05, 3.63) is 0 Å². The van der Waals surface area contributed by atoms with E-state index in [1.165, 1.54) is 0 Å². The highest BCUT2D eigenvalue weighted by Gasteiger charge is 1.70. The smallest absolute Gasteiger partial charge is 0.450 e. The van der Waals surface area contributed by atoms with Gasteiger partial charge >= 0.3 is 6.16 Å². The molecule has 0 saturated carbocycles. The Bertz CT molecular complexity index is 101. The summed E-state index contributed by atoms with van der Waals surface area (Å²) in [5.41, 5.74) is 6.82. The molecule has 0 aromatic heterocycles. The van der Waals surface area contributed by atoms with Crippen LogP contribution in [-0.4, -0.2) is 21.5 Å². The predicted octanol–water partition coefficient (Wildman–Crippen LogP) is -1.08. The molecule has 7 heteroatoms. The highest BCUT2D eigenvalue weighted by molar-refractivity contribution is 7.80. The zero-order chi connectivity index (χ0) is 7.86. The van der Waals surface area contributed by atoms with Crippen molar-refractivity contribution >= 4 is 23.5 Å². The van der Waals surface area contributed by atoms with E-state index in [0.717, 1.165) is 0 Å². The van der Waals surface area contributed by atoms with Gasteiger partial charge in [0.25, 0.3) is 0 Å². The van der Waals surface area contributed by atoms with E-state index in [9.17, 15) is 0 Å². The third-order valence-electron chi connectivity index (χ3n) is 0.142. The zero-order valence-corrected chi connectivity index (χ0v) is 5.18. The van der Waals surface area contributed by atoms with Crippen molar-refractivity contribution in [3.63, 3.8) is 0 Å². The van der Waals surface area contributed by atoms with Gasteiger partial charge in [-0.1, -0.05) is 0 Å². The number of hydrogen-bond acceptors (Lipinski definition) is 3. The number of nitrogens with one attached hydrogen (secondary N) is 1. The fourth-order valence-corrected chi connectivity index (χ4v) is 0. The van der Waals surface area contributed by atoms with Crippen molar-refractivity contribution in [1.82, 2.24) is 5.43 Å². The number of rotatable bonds is 0. The third kappa shape index (κ3) is 198. The van der Waals surface area contributed by atoms with Gasteiger partial charge in [0.05, 0.1) is 0 Å². The van der Waals surface area contributed by atoms with Gasteiger partial charge < -0.3 is 21.4 Å². The molecule has 0 fully saturated rings. The molecule has 0 aromatic carbocycles. The summed E-state index contributed by atoms with van der Waals surface area (Å²) < 4.78 is 0. The Morgan fingerprint density at radius 1 is 1.56 bits per heavy atom. The summed E-state index contributed by atoms with van der Waals surface area (Å²) in [6.07, 6.45) is -1.83. The summed E-state index contributed by atoms with van der Waals surface area (Å²) >= 11 is 4.24. The van der Waals surface area contributed by atoms with Gasteiger partial charge in [-0.05, 0) is 12.2 Å². The molecule has 0 aliphatic heterocycles. The summed E-state index contributed by atoms with van der Waals surface area (Å²) in [4.78, 5) is 8.56. The summed E-state index contributed by atoms with van der Waals surface area (Å²) in [5.74, 6) is 4.66. The van der Waals surface area contributed by atoms with Crippen LogP contribution in [0.25, 0.3) is 0 Å². The molecule has 0 atom stereocenters. The molecular weight excluding hydrogens is 146 g/mol. The van der Waals surface area contributed by atoms with Crippen LogP contribution in [0.3, 0.4) is 0 Å². The van der Waals surface area contributed by atoms with E-state index < -0.39 is 6.16 Å². The van der Waals surface area contributed by atoms with Crippen LogP contribution in [0.1, 0.15) is 0 Å². The number of hydrogen-bond donors (Lipinski definition) is 5. The monoisotopic (exact) mass is 153 g/mol. The van der Waals surface area contributed by atoms with Crippen LogP contribution in [0, 0.1) is 0 Å². The Kier molecular flexibility index (Phi) is 8.32. The van der Waals surface area contributed by atoms with E-state index in [4.69, 9.17) is 20.7 Å². The van der Waals surface area contributed by atoms with Crippen LogP contribution in [0.5, 0.6) is 0 Å². The average molecular weight is 153 g/mol. The number of carbonyl (C=O) groups is 1. The fraction of sp³-hybridized carbons (Fsp3) is 0. The van der Waals surface area contributed by atoms with Gasteiger partial charge in [-0.2, -0.15) is 0 Å². The van der Waals surface area contributed by atoms with E-state index >= 15 is 0 Å². The first kappa shape index (κ1) is 10.8. The Morgan fingerprint density at radius 3 is 1.67 bits per heavy atom. The summed E-state index contributed by atoms with van der Waals surface area (Å²) in [7, 11) is 0. The van der Waals surface area contributed by atoms with Crippen LogP contribution < -0.4 is 17.0 Å². The Hall–Kier alpha value is -1.08. The number of nitrogens with two attached hydrogens (primary N) is 2. The molecule has 0 aliphatic carbocycles. The third-order valence-corrected chi connectivity index (χ3v) is 0.260. The second-order valence-electron chi connectivity index (χ2n) is 0.791. The normalized spacial score (nSPS) is 6.33. The van der Waals surface area contributed by atoms with Crippen molar-refractivity contribution < 1.29 is 15.0 Å². The van der Waals surface area contributed by atoms with E-state index in [1.807, 2.05) is 5.43 Å². The summed E-state index contributed by atoms with van der Waals surface area (Å²) in [5, 5.41) is 14.1. The molecule has 0 aliphatic rings. The molecule has 0 heterocycles. The van der Waals surface area contributed by atoms with Crippen molar-refractivity contribution in [2.45, 2.75) is 0 Å². The summed E-state index contributed by atoms with van der Waals surface area (Å²) in [6.45, 7) is 0. The van der Waals surface area contributed by atoms with Crippen LogP contribution in [0.4, 0.5) is 4.79 Å². The molecule has 7 N–H and O–H groups in total. The quantitative estimate of drug-likeness (QED) is 0.170. The van der Waals surface area contributed by atoms with Crippen molar-refractivity contribution in [1.29, 1.82) is 0 Å². The van der Waals surface area contributed by atoms with E-state index in [1.54, 1.807) is 0 Å². The molecule has 0 amide bonds. The largest absolute Gasteiger partial charge is 0.503 e. The number of hydrazine groups is 1. The molecule has 0 radical (unpaired) electrons.